The van der Waals surface area contributed by atoms with Crippen LogP contribution in [0.2, 0.25) is 0 Å². The maximum atomic E-state index is 13.5. The predicted octanol–water partition coefficient (Wildman–Crippen LogP) is 4.32. The molecule has 2 aliphatic rings. The van der Waals surface area contributed by atoms with Gasteiger partial charge in [0.15, 0.2) is 5.82 Å². The fraction of sp³-hybridized carbons (Fsp3) is 0.350. The summed E-state index contributed by atoms with van der Waals surface area (Å²) in [5, 5.41) is 6.46. The summed E-state index contributed by atoms with van der Waals surface area (Å²) in [5.41, 5.74) is 2.05. The van der Waals surface area contributed by atoms with E-state index < -0.39 is 11.7 Å². The minimum atomic E-state index is -4.47. The molecule has 8 heteroatoms. The Morgan fingerprint density at radius 2 is 1.86 bits per heavy atom. The van der Waals surface area contributed by atoms with Crippen LogP contribution in [0, 0.1) is 0 Å². The lowest BCUT2D eigenvalue weighted by Gasteiger charge is -2.21. The molecular formula is C20H20F3N5. The Morgan fingerprint density at radius 3 is 2.64 bits per heavy atom. The number of benzene rings is 1. The second kappa shape index (κ2) is 6.92. The quantitative estimate of drug-likeness (QED) is 0.824. The second-order valence-corrected chi connectivity index (χ2v) is 7.02. The third-order valence-corrected chi connectivity index (χ3v) is 4.94. The number of halogens is 3. The van der Waals surface area contributed by atoms with Gasteiger partial charge in [-0.1, -0.05) is 18.2 Å². The number of anilines is 1. The van der Waals surface area contributed by atoms with E-state index in [-0.39, 0.29) is 11.4 Å². The van der Waals surface area contributed by atoms with Gasteiger partial charge in [-0.2, -0.15) is 13.2 Å². The Morgan fingerprint density at radius 1 is 1.07 bits per heavy atom. The van der Waals surface area contributed by atoms with Crippen LogP contribution >= 0.6 is 0 Å². The summed E-state index contributed by atoms with van der Waals surface area (Å²) >= 11 is 0. The Kier molecular flexibility index (Phi) is 4.56. The molecule has 4 rings (SSSR count). The highest BCUT2D eigenvalue weighted by Crippen LogP contribution is 2.37. The Hall–Kier alpha value is -2.90. The third kappa shape index (κ3) is 3.46. The van der Waals surface area contributed by atoms with Gasteiger partial charge < -0.3 is 10.6 Å². The number of rotatable bonds is 3. The van der Waals surface area contributed by atoms with Gasteiger partial charge in [-0.3, -0.25) is 4.99 Å². The van der Waals surface area contributed by atoms with Crippen LogP contribution in [0.15, 0.2) is 40.7 Å². The zero-order chi connectivity index (χ0) is 19.9. The summed E-state index contributed by atoms with van der Waals surface area (Å²) in [6.07, 6.45) is -2.02. The average Bonchev–Trinajstić information content (AvgIpc) is 3.13. The summed E-state index contributed by atoms with van der Waals surface area (Å²) in [6, 6.07) is 5.43. The van der Waals surface area contributed by atoms with Crippen LogP contribution in [-0.4, -0.2) is 22.3 Å². The van der Waals surface area contributed by atoms with Gasteiger partial charge in [-0.05, 0) is 44.7 Å². The molecule has 0 radical (unpaired) electrons. The summed E-state index contributed by atoms with van der Waals surface area (Å²) in [5.74, 6) is 2.21. The number of hydrogen-bond acceptors (Lipinski definition) is 5. The highest BCUT2D eigenvalue weighted by atomic mass is 19.4. The first kappa shape index (κ1) is 18.5. The van der Waals surface area contributed by atoms with E-state index in [4.69, 9.17) is 0 Å². The number of nitrogens with zero attached hydrogens (tertiary/aromatic N) is 3. The van der Waals surface area contributed by atoms with Gasteiger partial charge in [0.05, 0.1) is 17.9 Å². The van der Waals surface area contributed by atoms with Gasteiger partial charge in [0.2, 0.25) is 0 Å². The second-order valence-electron chi connectivity index (χ2n) is 7.02. The van der Waals surface area contributed by atoms with Crippen LogP contribution in [-0.2, 0) is 19.0 Å². The highest BCUT2D eigenvalue weighted by Gasteiger charge is 2.34. The lowest BCUT2D eigenvalue weighted by atomic mass is 10.1. The van der Waals surface area contributed by atoms with Crippen LogP contribution in [0.3, 0.4) is 0 Å². The lowest BCUT2D eigenvalue weighted by Crippen LogP contribution is -2.30. The first-order chi connectivity index (χ1) is 13.3. The molecule has 1 aliphatic heterocycles. The maximum Gasteiger partial charge on any atom is 0.417 e. The molecule has 0 amide bonds. The number of aryl methyl sites for hydroxylation is 1. The maximum absolute atomic E-state index is 13.5. The van der Waals surface area contributed by atoms with Crippen molar-refractivity contribution in [1.82, 2.24) is 15.3 Å². The molecule has 0 spiro atoms. The molecule has 0 atom stereocenters. The van der Waals surface area contributed by atoms with Crippen molar-refractivity contribution in [2.24, 2.45) is 4.99 Å². The number of amidine groups is 1. The highest BCUT2D eigenvalue weighted by molar-refractivity contribution is 5.83. The van der Waals surface area contributed by atoms with Gasteiger partial charge in [0.25, 0.3) is 0 Å². The van der Waals surface area contributed by atoms with Crippen molar-refractivity contribution in [3.05, 3.63) is 52.5 Å². The largest absolute Gasteiger partial charge is 0.417 e. The molecule has 0 unspecified atom stereocenters. The average molecular weight is 387 g/mol. The molecule has 1 aliphatic carbocycles. The molecular weight excluding hydrogens is 367 g/mol. The summed E-state index contributed by atoms with van der Waals surface area (Å²) in [7, 11) is 0. The van der Waals surface area contributed by atoms with Crippen molar-refractivity contribution in [3.63, 3.8) is 0 Å². The number of hydrogen-bond donors (Lipinski definition) is 2. The van der Waals surface area contributed by atoms with Gasteiger partial charge >= 0.3 is 6.18 Å². The number of nitrogens with one attached hydrogen (secondary N) is 2. The van der Waals surface area contributed by atoms with Gasteiger partial charge in [-0.25, -0.2) is 9.97 Å². The van der Waals surface area contributed by atoms with E-state index >= 15 is 0 Å². The molecule has 1 aromatic carbocycles. The van der Waals surface area contributed by atoms with Crippen molar-refractivity contribution >= 4 is 11.7 Å². The first-order valence-electron chi connectivity index (χ1n) is 9.14. The van der Waals surface area contributed by atoms with Crippen LogP contribution in [0.5, 0.6) is 0 Å². The minimum absolute atomic E-state index is 0.00667. The van der Waals surface area contributed by atoms with E-state index in [2.05, 4.69) is 25.6 Å². The van der Waals surface area contributed by atoms with E-state index in [1.807, 2.05) is 13.8 Å². The Bertz CT molecular complexity index is 992. The fourth-order valence-electron chi connectivity index (χ4n) is 3.48. The van der Waals surface area contributed by atoms with Crippen molar-refractivity contribution < 1.29 is 13.2 Å². The predicted molar refractivity (Wildman–Crippen MR) is 102 cm³/mol. The monoisotopic (exact) mass is 387 g/mol. The van der Waals surface area contributed by atoms with Crippen molar-refractivity contribution in [2.45, 2.75) is 39.3 Å². The fourth-order valence-corrected chi connectivity index (χ4v) is 3.48. The van der Waals surface area contributed by atoms with Crippen molar-refractivity contribution in [3.8, 4) is 11.4 Å². The molecule has 2 heterocycles. The summed E-state index contributed by atoms with van der Waals surface area (Å²) < 4.78 is 40.4. The molecule has 1 aromatic heterocycles. The van der Waals surface area contributed by atoms with Gasteiger partial charge in [-0.15, -0.1) is 0 Å². The molecule has 0 bridgehead atoms. The van der Waals surface area contributed by atoms with Crippen LogP contribution in [0.4, 0.5) is 19.0 Å². The van der Waals surface area contributed by atoms with Gasteiger partial charge in [0.1, 0.15) is 11.6 Å². The molecule has 28 heavy (non-hydrogen) atoms. The van der Waals surface area contributed by atoms with E-state index in [9.17, 15) is 13.2 Å². The zero-order valence-corrected chi connectivity index (χ0v) is 15.6. The summed E-state index contributed by atoms with van der Waals surface area (Å²) in [4.78, 5) is 13.3. The van der Waals surface area contributed by atoms with E-state index in [0.29, 0.717) is 12.4 Å². The molecule has 5 nitrogen and oxygen atoms in total. The molecule has 2 N–H and O–H groups in total. The smallest absolute Gasteiger partial charge is 0.331 e. The van der Waals surface area contributed by atoms with E-state index in [1.54, 1.807) is 6.07 Å². The zero-order valence-electron chi connectivity index (χ0n) is 15.6. The van der Waals surface area contributed by atoms with E-state index in [1.165, 1.54) is 12.1 Å². The SMILES string of the molecule is CC1=NCC(C)=C(Nc2nc(-c3ccccc3C(F)(F)F)nc3c2CCC3)N1. The molecule has 2 aromatic rings. The van der Waals surface area contributed by atoms with Gasteiger partial charge in [0, 0.05) is 16.8 Å². The molecule has 146 valence electrons. The molecule has 0 saturated heterocycles. The normalized spacial score (nSPS) is 16.5. The number of aromatic nitrogens is 2. The third-order valence-electron chi connectivity index (χ3n) is 4.94. The standard InChI is InChI=1S/C20H20F3N5/c1-11-10-24-12(2)25-17(11)27-19-14-7-5-9-16(14)26-18(28-19)13-6-3-4-8-15(13)20(21,22)23/h3-4,6,8H,5,7,9-10H2,1-2H3,(H,24,25)(H,26,27,28). The molecule has 0 saturated carbocycles. The number of aliphatic imine (C=N–C) groups is 1. The van der Waals surface area contributed by atoms with Crippen molar-refractivity contribution in [2.75, 3.05) is 11.9 Å². The summed E-state index contributed by atoms with van der Waals surface area (Å²) in [6.45, 7) is 4.38. The number of fused-ring (bicyclic) bond motifs is 1. The minimum Gasteiger partial charge on any atom is -0.331 e. The first-order valence-corrected chi connectivity index (χ1v) is 9.14. The van der Waals surface area contributed by atoms with Crippen LogP contribution in [0.1, 0.15) is 37.1 Å². The molecule has 0 fully saturated rings. The van der Waals surface area contributed by atoms with Crippen LogP contribution in [0.25, 0.3) is 11.4 Å². The van der Waals surface area contributed by atoms with E-state index in [0.717, 1.165) is 53.8 Å². The number of alkyl halides is 3. The topological polar surface area (TPSA) is 62.2 Å². The Balaban J connectivity index is 1.80. The Labute approximate surface area is 160 Å². The lowest BCUT2D eigenvalue weighted by molar-refractivity contribution is -0.137. The van der Waals surface area contributed by atoms with Crippen LogP contribution < -0.4 is 10.6 Å². The van der Waals surface area contributed by atoms with Crippen molar-refractivity contribution in [1.29, 1.82) is 0 Å².